The summed E-state index contributed by atoms with van der Waals surface area (Å²) < 4.78 is 20.0. The number of fused-ring (bicyclic) bond motifs is 1. The predicted octanol–water partition coefficient (Wildman–Crippen LogP) is 2.26. The lowest BCUT2D eigenvalue weighted by molar-refractivity contribution is -0.0399. The van der Waals surface area contributed by atoms with Gasteiger partial charge in [0.2, 0.25) is 0 Å². The second-order valence-corrected chi connectivity index (χ2v) is 6.81. The number of hydrogen-bond donors (Lipinski definition) is 0. The third-order valence-electron chi connectivity index (χ3n) is 5.13. The quantitative estimate of drug-likeness (QED) is 0.692. The summed E-state index contributed by atoms with van der Waals surface area (Å²) in [5.41, 5.74) is 2.11. The standard InChI is InChI=1S/C20H20N4O3/c1-3-7-14(8-4-1)11-25-17-13-27-18-16(12-26-19(17)18)24-20(21-22-23-24)15-9-5-2-6-10-15/h1-10,16-19H,11-13H2/t16-,17-,18-,19+/m0/s1. The van der Waals surface area contributed by atoms with Crippen molar-refractivity contribution in [3.8, 4) is 11.4 Å². The molecule has 0 saturated carbocycles. The summed E-state index contributed by atoms with van der Waals surface area (Å²) in [5.74, 6) is 0.724. The van der Waals surface area contributed by atoms with Gasteiger partial charge in [0.15, 0.2) is 5.82 Å². The summed E-state index contributed by atoms with van der Waals surface area (Å²) in [7, 11) is 0. The van der Waals surface area contributed by atoms with Crippen molar-refractivity contribution < 1.29 is 14.2 Å². The molecule has 0 unspecified atom stereocenters. The zero-order valence-electron chi connectivity index (χ0n) is 14.7. The van der Waals surface area contributed by atoms with E-state index in [9.17, 15) is 0 Å². The van der Waals surface area contributed by atoms with E-state index in [1.807, 2.05) is 53.2 Å². The Labute approximate surface area is 156 Å². The number of rotatable bonds is 5. The third kappa shape index (κ3) is 3.14. The highest BCUT2D eigenvalue weighted by molar-refractivity contribution is 5.54. The molecule has 3 aromatic rings. The summed E-state index contributed by atoms with van der Waals surface area (Å²) in [6.45, 7) is 1.57. The van der Waals surface area contributed by atoms with Crippen LogP contribution in [0.15, 0.2) is 60.7 Å². The van der Waals surface area contributed by atoms with Crippen LogP contribution in [0.1, 0.15) is 11.6 Å². The van der Waals surface area contributed by atoms with Crippen molar-refractivity contribution in [2.45, 2.75) is 31.0 Å². The SMILES string of the molecule is c1ccc(CO[C@H]2CO[C@@H]3[C@@H]2OC[C@@H]3n2nnnc2-c2ccccc2)cc1. The Morgan fingerprint density at radius 1 is 0.926 bits per heavy atom. The van der Waals surface area contributed by atoms with Crippen LogP contribution in [0.4, 0.5) is 0 Å². The number of ether oxygens (including phenoxy) is 3. The van der Waals surface area contributed by atoms with Crippen molar-refractivity contribution in [2.24, 2.45) is 0 Å². The van der Waals surface area contributed by atoms with Crippen molar-refractivity contribution in [3.05, 3.63) is 66.2 Å². The maximum absolute atomic E-state index is 6.07. The fourth-order valence-corrected chi connectivity index (χ4v) is 3.77. The molecule has 138 valence electrons. The highest BCUT2D eigenvalue weighted by Gasteiger charge is 2.50. The molecule has 0 N–H and O–H groups in total. The van der Waals surface area contributed by atoms with Crippen molar-refractivity contribution in [2.75, 3.05) is 13.2 Å². The molecule has 27 heavy (non-hydrogen) atoms. The van der Waals surface area contributed by atoms with Crippen LogP contribution < -0.4 is 0 Å². The number of benzene rings is 2. The Morgan fingerprint density at radius 2 is 1.67 bits per heavy atom. The van der Waals surface area contributed by atoms with E-state index >= 15 is 0 Å². The minimum atomic E-state index is -0.114. The molecule has 0 amide bonds. The molecular weight excluding hydrogens is 344 g/mol. The summed E-state index contributed by atoms with van der Waals surface area (Å²) in [6, 6.07) is 20.0. The molecule has 7 nitrogen and oxygen atoms in total. The van der Waals surface area contributed by atoms with Gasteiger partial charge in [-0.3, -0.25) is 0 Å². The Bertz CT molecular complexity index is 887. The van der Waals surface area contributed by atoms with Crippen LogP contribution in [0.2, 0.25) is 0 Å². The lowest BCUT2D eigenvalue weighted by atomic mass is 10.1. The average molecular weight is 364 g/mol. The van der Waals surface area contributed by atoms with E-state index < -0.39 is 0 Å². The molecule has 0 spiro atoms. The molecule has 4 atom stereocenters. The lowest BCUT2D eigenvalue weighted by Gasteiger charge is -2.18. The molecular formula is C20H20N4O3. The molecule has 2 aliphatic heterocycles. The van der Waals surface area contributed by atoms with Gasteiger partial charge in [0, 0.05) is 5.56 Å². The number of hydrogen-bond acceptors (Lipinski definition) is 6. The van der Waals surface area contributed by atoms with Crippen LogP contribution in [0.5, 0.6) is 0 Å². The molecule has 7 heteroatoms. The topological polar surface area (TPSA) is 71.3 Å². The Kier molecular flexibility index (Phi) is 4.41. The molecule has 0 radical (unpaired) electrons. The van der Waals surface area contributed by atoms with Gasteiger partial charge in [-0.15, -0.1) is 5.10 Å². The normalized spacial score (nSPS) is 27.0. The van der Waals surface area contributed by atoms with E-state index in [2.05, 4.69) is 27.7 Å². The minimum absolute atomic E-state index is 0.0643. The summed E-state index contributed by atoms with van der Waals surface area (Å²) in [4.78, 5) is 0. The first-order chi connectivity index (χ1) is 13.4. The van der Waals surface area contributed by atoms with Crippen LogP contribution in [0.25, 0.3) is 11.4 Å². The Hall–Kier alpha value is -2.61. The molecule has 3 heterocycles. The second-order valence-electron chi connectivity index (χ2n) is 6.81. The van der Waals surface area contributed by atoms with E-state index in [1.165, 1.54) is 0 Å². The zero-order valence-corrected chi connectivity index (χ0v) is 14.7. The van der Waals surface area contributed by atoms with Gasteiger partial charge in [-0.05, 0) is 16.0 Å². The second kappa shape index (κ2) is 7.19. The van der Waals surface area contributed by atoms with Gasteiger partial charge >= 0.3 is 0 Å². The van der Waals surface area contributed by atoms with Gasteiger partial charge in [-0.1, -0.05) is 60.7 Å². The highest BCUT2D eigenvalue weighted by atomic mass is 16.6. The smallest absolute Gasteiger partial charge is 0.182 e. The van der Waals surface area contributed by atoms with Crippen molar-refractivity contribution in [1.29, 1.82) is 0 Å². The molecule has 2 saturated heterocycles. The largest absolute Gasteiger partial charge is 0.370 e. The van der Waals surface area contributed by atoms with Gasteiger partial charge in [0.05, 0.1) is 19.8 Å². The van der Waals surface area contributed by atoms with Crippen LogP contribution in [-0.4, -0.2) is 51.7 Å². The average Bonchev–Trinajstić information content (AvgIpc) is 3.44. The first kappa shape index (κ1) is 16.6. The summed E-state index contributed by atoms with van der Waals surface area (Å²) in [6.07, 6.45) is -0.305. The minimum Gasteiger partial charge on any atom is -0.370 e. The summed E-state index contributed by atoms with van der Waals surface area (Å²) >= 11 is 0. The predicted molar refractivity (Wildman–Crippen MR) is 96.8 cm³/mol. The first-order valence-electron chi connectivity index (χ1n) is 9.12. The van der Waals surface area contributed by atoms with E-state index in [1.54, 1.807) is 0 Å². The van der Waals surface area contributed by atoms with Gasteiger partial charge in [0.1, 0.15) is 24.4 Å². The highest BCUT2D eigenvalue weighted by Crippen LogP contribution is 2.36. The molecule has 2 aliphatic rings. The fourth-order valence-electron chi connectivity index (χ4n) is 3.77. The Balaban J connectivity index is 1.31. The van der Waals surface area contributed by atoms with Crippen LogP contribution in [0, 0.1) is 0 Å². The van der Waals surface area contributed by atoms with Gasteiger partial charge in [-0.2, -0.15) is 0 Å². The first-order valence-corrected chi connectivity index (χ1v) is 9.12. The molecule has 2 fully saturated rings. The number of tetrazole rings is 1. The Morgan fingerprint density at radius 3 is 2.48 bits per heavy atom. The molecule has 5 rings (SSSR count). The molecule has 1 aromatic heterocycles. The lowest BCUT2D eigenvalue weighted by Crippen LogP contribution is -2.32. The van der Waals surface area contributed by atoms with Gasteiger partial charge in [0.25, 0.3) is 0 Å². The monoisotopic (exact) mass is 364 g/mol. The van der Waals surface area contributed by atoms with Crippen molar-refractivity contribution >= 4 is 0 Å². The van der Waals surface area contributed by atoms with Crippen LogP contribution >= 0.6 is 0 Å². The van der Waals surface area contributed by atoms with Crippen molar-refractivity contribution in [1.82, 2.24) is 20.2 Å². The van der Waals surface area contributed by atoms with Gasteiger partial charge < -0.3 is 14.2 Å². The number of nitrogens with zero attached hydrogens (tertiary/aromatic N) is 4. The maximum Gasteiger partial charge on any atom is 0.182 e. The van der Waals surface area contributed by atoms with Gasteiger partial charge in [-0.25, -0.2) is 4.68 Å². The molecule has 0 bridgehead atoms. The summed E-state index contributed by atoms with van der Waals surface area (Å²) in [5, 5.41) is 12.3. The molecule has 0 aliphatic carbocycles. The van der Waals surface area contributed by atoms with E-state index in [0.29, 0.717) is 19.8 Å². The molecule has 2 aromatic carbocycles. The van der Waals surface area contributed by atoms with E-state index in [0.717, 1.165) is 17.0 Å². The fraction of sp³-hybridized carbons (Fsp3) is 0.350. The van der Waals surface area contributed by atoms with Crippen LogP contribution in [0.3, 0.4) is 0 Å². The third-order valence-corrected chi connectivity index (χ3v) is 5.13. The maximum atomic E-state index is 6.07. The van der Waals surface area contributed by atoms with E-state index in [-0.39, 0.29) is 24.4 Å². The van der Waals surface area contributed by atoms with E-state index in [4.69, 9.17) is 14.2 Å². The zero-order chi connectivity index (χ0) is 18.1. The van der Waals surface area contributed by atoms with Crippen LogP contribution in [-0.2, 0) is 20.8 Å². The number of aromatic nitrogens is 4. The van der Waals surface area contributed by atoms with Crippen molar-refractivity contribution in [3.63, 3.8) is 0 Å².